The summed E-state index contributed by atoms with van der Waals surface area (Å²) >= 11 is 3.49. The number of rotatable bonds is 5. The molecule has 106 valence electrons. The molecule has 0 unspecified atom stereocenters. The summed E-state index contributed by atoms with van der Waals surface area (Å²) in [6.45, 7) is 2.11. The zero-order valence-corrected chi connectivity index (χ0v) is 13.7. The van der Waals surface area contributed by atoms with Gasteiger partial charge < -0.3 is 10.6 Å². The van der Waals surface area contributed by atoms with Crippen molar-refractivity contribution in [2.45, 2.75) is 19.0 Å². The minimum absolute atomic E-state index is 0.232. The minimum atomic E-state index is 0.232. The van der Waals surface area contributed by atoms with Crippen molar-refractivity contribution in [3.8, 4) is 0 Å². The average Bonchev–Trinajstić information content (AvgIpc) is 2.47. The lowest BCUT2D eigenvalue weighted by Crippen LogP contribution is -2.31. The van der Waals surface area contributed by atoms with Crippen molar-refractivity contribution in [2.24, 2.45) is 0 Å². The van der Waals surface area contributed by atoms with Crippen molar-refractivity contribution >= 4 is 15.9 Å². The van der Waals surface area contributed by atoms with Crippen molar-refractivity contribution in [3.05, 3.63) is 69.7 Å². The van der Waals surface area contributed by atoms with Crippen LogP contribution < -0.4 is 10.6 Å². The third-order valence-corrected chi connectivity index (χ3v) is 4.15. The summed E-state index contributed by atoms with van der Waals surface area (Å²) in [6.07, 6.45) is 0. The lowest BCUT2D eigenvalue weighted by molar-refractivity contribution is 0.432. The molecule has 0 aromatic heterocycles. The number of likely N-dealkylation sites (N-methyl/N-ethyl adjacent to an activating group) is 2. The molecule has 2 aromatic carbocycles. The molecular weight excluding hydrogens is 312 g/mol. The van der Waals surface area contributed by atoms with Crippen molar-refractivity contribution < 1.29 is 0 Å². The topological polar surface area (TPSA) is 24.1 Å². The van der Waals surface area contributed by atoms with Gasteiger partial charge in [0, 0.05) is 4.47 Å². The minimum Gasteiger partial charge on any atom is -0.311 e. The highest BCUT2D eigenvalue weighted by Gasteiger charge is 2.21. The van der Waals surface area contributed by atoms with Crippen molar-refractivity contribution in [1.82, 2.24) is 10.6 Å². The first-order valence-electron chi connectivity index (χ1n) is 6.82. The monoisotopic (exact) mass is 332 g/mol. The fourth-order valence-corrected chi connectivity index (χ4v) is 2.76. The molecule has 2 atom stereocenters. The zero-order valence-electron chi connectivity index (χ0n) is 12.2. The number of benzene rings is 2. The molecule has 0 spiro atoms. The second-order valence-corrected chi connectivity index (χ2v) is 5.91. The van der Waals surface area contributed by atoms with Crippen LogP contribution in [0.25, 0.3) is 0 Å². The summed E-state index contributed by atoms with van der Waals surface area (Å²) in [5.41, 5.74) is 3.85. The molecule has 0 saturated carbocycles. The van der Waals surface area contributed by atoms with Crippen LogP contribution in [0.1, 0.15) is 28.8 Å². The smallest absolute Gasteiger partial charge is 0.0515 e. The van der Waals surface area contributed by atoms with E-state index in [-0.39, 0.29) is 12.1 Å². The largest absolute Gasteiger partial charge is 0.311 e. The van der Waals surface area contributed by atoms with E-state index < -0.39 is 0 Å². The summed E-state index contributed by atoms with van der Waals surface area (Å²) in [5.74, 6) is 0. The number of aryl methyl sites for hydroxylation is 1. The van der Waals surface area contributed by atoms with Gasteiger partial charge in [0.15, 0.2) is 0 Å². The molecule has 0 saturated heterocycles. The van der Waals surface area contributed by atoms with Gasteiger partial charge >= 0.3 is 0 Å². The van der Waals surface area contributed by atoms with Gasteiger partial charge in [-0.2, -0.15) is 0 Å². The Morgan fingerprint density at radius 2 is 1.15 bits per heavy atom. The van der Waals surface area contributed by atoms with E-state index in [0.717, 1.165) is 4.47 Å². The van der Waals surface area contributed by atoms with Crippen molar-refractivity contribution in [3.63, 3.8) is 0 Å². The summed E-state index contributed by atoms with van der Waals surface area (Å²) in [5, 5.41) is 6.85. The first-order valence-corrected chi connectivity index (χ1v) is 7.61. The normalized spacial score (nSPS) is 14.0. The lowest BCUT2D eigenvalue weighted by atomic mass is 9.93. The third kappa shape index (κ3) is 3.48. The summed E-state index contributed by atoms with van der Waals surface area (Å²) in [6, 6.07) is 17.7. The number of hydrogen-bond acceptors (Lipinski definition) is 2. The van der Waals surface area contributed by atoms with E-state index in [0.29, 0.717) is 0 Å². The predicted octanol–water partition coefficient (Wildman–Crippen LogP) is 3.98. The molecule has 2 N–H and O–H groups in total. The Bertz CT molecular complexity index is 482. The van der Waals surface area contributed by atoms with E-state index in [9.17, 15) is 0 Å². The quantitative estimate of drug-likeness (QED) is 0.865. The Balaban J connectivity index is 2.32. The highest BCUT2D eigenvalue weighted by molar-refractivity contribution is 9.10. The van der Waals surface area contributed by atoms with Gasteiger partial charge in [-0.1, -0.05) is 57.9 Å². The van der Waals surface area contributed by atoms with Gasteiger partial charge in [0.1, 0.15) is 0 Å². The predicted molar refractivity (Wildman–Crippen MR) is 88.9 cm³/mol. The van der Waals surface area contributed by atoms with E-state index in [1.165, 1.54) is 16.7 Å². The lowest BCUT2D eigenvalue weighted by Gasteiger charge is -2.27. The molecule has 2 rings (SSSR count). The Morgan fingerprint density at radius 1 is 0.750 bits per heavy atom. The first kappa shape index (κ1) is 15.2. The van der Waals surface area contributed by atoms with E-state index in [4.69, 9.17) is 0 Å². The van der Waals surface area contributed by atoms with Crippen molar-refractivity contribution in [1.29, 1.82) is 0 Å². The van der Waals surface area contributed by atoms with Crippen LogP contribution in [0.5, 0.6) is 0 Å². The van der Waals surface area contributed by atoms with Crippen LogP contribution in [-0.2, 0) is 0 Å². The Labute approximate surface area is 129 Å². The van der Waals surface area contributed by atoms with Gasteiger partial charge in [-0.15, -0.1) is 0 Å². The summed E-state index contributed by atoms with van der Waals surface area (Å²) < 4.78 is 1.10. The SMILES string of the molecule is CN[C@H](c1ccc(C)cc1)[C@H](NC)c1ccc(Br)cc1. The van der Waals surface area contributed by atoms with E-state index >= 15 is 0 Å². The molecular formula is C17H21BrN2. The van der Waals surface area contributed by atoms with Gasteiger partial charge in [-0.3, -0.25) is 0 Å². The number of nitrogens with one attached hydrogen (secondary N) is 2. The Kier molecular flexibility index (Phi) is 5.35. The number of hydrogen-bond donors (Lipinski definition) is 2. The molecule has 2 aromatic rings. The van der Waals surface area contributed by atoms with Crippen LogP contribution in [-0.4, -0.2) is 14.1 Å². The van der Waals surface area contributed by atoms with Gasteiger partial charge in [0.25, 0.3) is 0 Å². The second kappa shape index (κ2) is 7.02. The zero-order chi connectivity index (χ0) is 14.5. The van der Waals surface area contributed by atoms with Crippen LogP contribution in [0.2, 0.25) is 0 Å². The molecule has 3 heteroatoms. The molecule has 2 nitrogen and oxygen atoms in total. The third-order valence-electron chi connectivity index (χ3n) is 3.62. The molecule has 0 aliphatic rings. The molecule has 20 heavy (non-hydrogen) atoms. The molecule has 0 amide bonds. The van der Waals surface area contributed by atoms with Crippen molar-refractivity contribution in [2.75, 3.05) is 14.1 Å². The van der Waals surface area contributed by atoms with Crippen LogP contribution >= 0.6 is 15.9 Å². The average molecular weight is 333 g/mol. The first-order chi connectivity index (χ1) is 9.65. The maximum absolute atomic E-state index is 3.49. The fourth-order valence-electron chi connectivity index (χ4n) is 2.50. The second-order valence-electron chi connectivity index (χ2n) is 4.99. The molecule has 0 radical (unpaired) electrons. The molecule has 0 heterocycles. The maximum Gasteiger partial charge on any atom is 0.0515 e. The number of halogens is 1. The van der Waals surface area contributed by atoms with E-state index in [1.54, 1.807) is 0 Å². The van der Waals surface area contributed by atoms with Gasteiger partial charge in [0.05, 0.1) is 12.1 Å². The Morgan fingerprint density at radius 3 is 1.55 bits per heavy atom. The molecule has 0 aliphatic carbocycles. The molecule has 0 bridgehead atoms. The fraction of sp³-hybridized carbons (Fsp3) is 0.294. The molecule has 0 aliphatic heterocycles. The highest BCUT2D eigenvalue weighted by atomic mass is 79.9. The van der Waals surface area contributed by atoms with E-state index in [2.05, 4.69) is 82.0 Å². The van der Waals surface area contributed by atoms with Gasteiger partial charge in [0.2, 0.25) is 0 Å². The maximum atomic E-state index is 3.49. The van der Waals surface area contributed by atoms with Crippen LogP contribution in [0.15, 0.2) is 53.0 Å². The van der Waals surface area contributed by atoms with Crippen LogP contribution in [0.3, 0.4) is 0 Å². The summed E-state index contributed by atoms with van der Waals surface area (Å²) in [4.78, 5) is 0. The van der Waals surface area contributed by atoms with Gasteiger partial charge in [-0.25, -0.2) is 0 Å². The van der Waals surface area contributed by atoms with Crippen LogP contribution in [0.4, 0.5) is 0 Å². The highest BCUT2D eigenvalue weighted by Crippen LogP contribution is 2.29. The standard InChI is InChI=1S/C17H21BrN2/c1-12-4-6-13(7-5-12)16(19-2)17(20-3)14-8-10-15(18)11-9-14/h4-11,16-17,19-20H,1-3H3/t16-,17-/m1/s1. The van der Waals surface area contributed by atoms with Gasteiger partial charge in [-0.05, 0) is 44.3 Å². The Hall–Kier alpha value is -1.16. The molecule has 0 fully saturated rings. The summed E-state index contributed by atoms with van der Waals surface area (Å²) in [7, 11) is 4.01. The van der Waals surface area contributed by atoms with E-state index in [1.807, 2.05) is 14.1 Å². The van der Waals surface area contributed by atoms with Crippen LogP contribution in [0, 0.1) is 6.92 Å².